The fourth-order valence-electron chi connectivity index (χ4n) is 3.59. The van der Waals surface area contributed by atoms with E-state index in [9.17, 15) is 4.79 Å². The van der Waals surface area contributed by atoms with Gasteiger partial charge in [-0.15, -0.1) is 0 Å². The second kappa shape index (κ2) is 8.77. The van der Waals surface area contributed by atoms with Crippen LogP contribution >= 0.6 is 0 Å². The summed E-state index contributed by atoms with van der Waals surface area (Å²) in [6, 6.07) is 13.2. The van der Waals surface area contributed by atoms with Gasteiger partial charge in [-0.2, -0.15) is 5.10 Å². The van der Waals surface area contributed by atoms with E-state index in [1.54, 1.807) is 31.6 Å². The Balaban J connectivity index is 1.31. The smallest absolute Gasteiger partial charge is 0.253 e. The van der Waals surface area contributed by atoms with Crippen molar-refractivity contribution in [1.82, 2.24) is 20.1 Å². The molecule has 3 aromatic rings. The summed E-state index contributed by atoms with van der Waals surface area (Å²) < 4.78 is 11.1. The van der Waals surface area contributed by atoms with Gasteiger partial charge in [0.2, 0.25) is 0 Å². The van der Waals surface area contributed by atoms with Crippen LogP contribution in [0, 0.1) is 0 Å². The average molecular weight is 392 g/mol. The van der Waals surface area contributed by atoms with E-state index >= 15 is 0 Å². The SMILES string of the molecule is COc1ccccc1OCCc1cc(C2CCN(C(=O)c3ccncc3)C2)n[nH]1. The van der Waals surface area contributed by atoms with Crippen LogP contribution in [0.2, 0.25) is 0 Å². The molecule has 1 fully saturated rings. The number of hydrogen-bond donors (Lipinski definition) is 1. The predicted octanol–water partition coefficient (Wildman–Crippen LogP) is 3.06. The van der Waals surface area contributed by atoms with Gasteiger partial charge in [0.15, 0.2) is 11.5 Å². The molecule has 1 N–H and O–H groups in total. The van der Waals surface area contributed by atoms with Crippen molar-refractivity contribution in [3.8, 4) is 11.5 Å². The van der Waals surface area contributed by atoms with Gasteiger partial charge >= 0.3 is 0 Å². The van der Waals surface area contributed by atoms with Gasteiger partial charge in [-0.25, -0.2) is 0 Å². The van der Waals surface area contributed by atoms with E-state index in [2.05, 4.69) is 21.2 Å². The summed E-state index contributed by atoms with van der Waals surface area (Å²) in [7, 11) is 1.63. The van der Waals surface area contributed by atoms with Crippen LogP contribution in [0.25, 0.3) is 0 Å². The van der Waals surface area contributed by atoms with Crippen LogP contribution in [0.4, 0.5) is 0 Å². The summed E-state index contributed by atoms with van der Waals surface area (Å²) in [5.41, 5.74) is 2.70. The van der Waals surface area contributed by atoms with E-state index in [0.717, 1.165) is 42.3 Å². The van der Waals surface area contributed by atoms with E-state index in [1.165, 1.54) is 0 Å². The van der Waals surface area contributed by atoms with Crippen molar-refractivity contribution in [2.45, 2.75) is 18.8 Å². The molecule has 0 saturated carbocycles. The summed E-state index contributed by atoms with van der Waals surface area (Å²) in [5, 5.41) is 7.57. The lowest BCUT2D eigenvalue weighted by molar-refractivity contribution is 0.0790. The van der Waals surface area contributed by atoms with Crippen molar-refractivity contribution in [1.29, 1.82) is 0 Å². The molecule has 1 unspecified atom stereocenters. The summed E-state index contributed by atoms with van der Waals surface area (Å²) in [5.74, 6) is 1.76. The number of rotatable bonds is 7. The molecule has 1 aliphatic rings. The van der Waals surface area contributed by atoms with Gasteiger partial charge in [-0.3, -0.25) is 14.9 Å². The number of para-hydroxylation sites is 2. The fourth-order valence-corrected chi connectivity index (χ4v) is 3.59. The number of likely N-dealkylation sites (tertiary alicyclic amines) is 1. The molecular weight excluding hydrogens is 368 g/mol. The Labute approximate surface area is 169 Å². The topological polar surface area (TPSA) is 80.3 Å². The number of hydrogen-bond acceptors (Lipinski definition) is 5. The molecule has 1 saturated heterocycles. The summed E-state index contributed by atoms with van der Waals surface area (Å²) in [6.07, 6.45) is 4.93. The van der Waals surface area contributed by atoms with Gasteiger partial charge in [0, 0.05) is 49.1 Å². The number of carbonyl (C=O) groups is 1. The van der Waals surface area contributed by atoms with Crippen molar-refractivity contribution >= 4 is 5.91 Å². The van der Waals surface area contributed by atoms with Crippen LogP contribution in [0.15, 0.2) is 54.9 Å². The molecule has 0 aliphatic carbocycles. The van der Waals surface area contributed by atoms with E-state index in [1.807, 2.05) is 29.2 Å². The highest BCUT2D eigenvalue weighted by atomic mass is 16.5. The first-order valence-electron chi connectivity index (χ1n) is 9.74. The van der Waals surface area contributed by atoms with Crippen LogP contribution in [0.1, 0.15) is 34.1 Å². The number of aromatic nitrogens is 3. The molecule has 0 spiro atoms. The predicted molar refractivity (Wildman–Crippen MR) is 108 cm³/mol. The van der Waals surface area contributed by atoms with Crippen LogP contribution in [0.5, 0.6) is 11.5 Å². The number of methoxy groups -OCH3 is 1. The number of nitrogens with zero attached hydrogens (tertiary/aromatic N) is 3. The van der Waals surface area contributed by atoms with Gasteiger partial charge in [0.05, 0.1) is 19.4 Å². The molecule has 0 radical (unpaired) electrons. The number of H-pyrrole nitrogens is 1. The van der Waals surface area contributed by atoms with Crippen molar-refractivity contribution in [3.05, 3.63) is 71.8 Å². The molecule has 3 heterocycles. The quantitative estimate of drug-likeness (QED) is 0.668. The Morgan fingerprint density at radius 2 is 2.00 bits per heavy atom. The van der Waals surface area contributed by atoms with Gasteiger partial charge in [-0.05, 0) is 36.8 Å². The lowest BCUT2D eigenvalue weighted by atomic mass is 10.0. The van der Waals surface area contributed by atoms with Crippen LogP contribution in [-0.4, -0.2) is 52.8 Å². The number of aromatic amines is 1. The largest absolute Gasteiger partial charge is 0.493 e. The molecular formula is C22H24N4O3. The molecule has 150 valence electrons. The molecule has 29 heavy (non-hydrogen) atoms. The zero-order chi connectivity index (χ0) is 20.1. The lowest BCUT2D eigenvalue weighted by Gasteiger charge is -2.15. The highest BCUT2D eigenvalue weighted by Gasteiger charge is 2.29. The van der Waals surface area contributed by atoms with Gasteiger partial charge in [0.1, 0.15) is 0 Å². The Morgan fingerprint density at radius 3 is 2.79 bits per heavy atom. The highest BCUT2D eigenvalue weighted by molar-refractivity contribution is 5.94. The summed E-state index contributed by atoms with van der Waals surface area (Å²) >= 11 is 0. The maximum absolute atomic E-state index is 12.6. The van der Waals surface area contributed by atoms with E-state index in [4.69, 9.17) is 9.47 Å². The zero-order valence-electron chi connectivity index (χ0n) is 16.4. The van der Waals surface area contributed by atoms with Crippen LogP contribution in [-0.2, 0) is 6.42 Å². The summed E-state index contributed by atoms with van der Waals surface area (Å²) in [4.78, 5) is 18.5. The third-order valence-electron chi connectivity index (χ3n) is 5.17. The number of benzene rings is 1. The molecule has 4 rings (SSSR count). The molecule has 1 aromatic carbocycles. The Morgan fingerprint density at radius 1 is 1.21 bits per heavy atom. The molecule has 7 nitrogen and oxygen atoms in total. The van der Waals surface area contributed by atoms with Crippen molar-refractivity contribution in [2.24, 2.45) is 0 Å². The van der Waals surface area contributed by atoms with E-state index in [0.29, 0.717) is 18.7 Å². The minimum absolute atomic E-state index is 0.0517. The maximum Gasteiger partial charge on any atom is 0.253 e. The molecule has 7 heteroatoms. The second-order valence-corrected chi connectivity index (χ2v) is 7.04. The highest BCUT2D eigenvalue weighted by Crippen LogP contribution is 2.28. The van der Waals surface area contributed by atoms with Crippen molar-refractivity contribution in [2.75, 3.05) is 26.8 Å². The minimum Gasteiger partial charge on any atom is -0.493 e. The number of nitrogens with one attached hydrogen (secondary N) is 1. The van der Waals surface area contributed by atoms with Gasteiger partial charge < -0.3 is 14.4 Å². The van der Waals surface area contributed by atoms with Crippen LogP contribution < -0.4 is 9.47 Å². The lowest BCUT2D eigenvalue weighted by Crippen LogP contribution is -2.28. The molecule has 1 aliphatic heterocycles. The first-order chi connectivity index (χ1) is 14.2. The molecule has 2 aromatic heterocycles. The third-order valence-corrected chi connectivity index (χ3v) is 5.17. The average Bonchev–Trinajstić information content (AvgIpc) is 3.44. The maximum atomic E-state index is 12.6. The zero-order valence-corrected chi connectivity index (χ0v) is 16.4. The number of carbonyl (C=O) groups excluding carboxylic acids is 1. The standard InChI is InChI=1S/C22H24N4O3/c1-28-20-4-2-3-5-21(20)29-13-9-18-14-19(25-24-18)17-8-12-26(15-17)22(27)16-6-10-23-11-7-16/h2-7,10-11,14,17H,8-9,12-13,15H2,1H3,(H,24,25). The fraction of sp³-hybridized carbons (Fsp3) is 0.318. The Kier molecular flexibility index (Phi) is 5.74. The first kappa shape index (κ1) is 19.0. The Bertz CT molecular complexity index is 957. The molecule has 1 atom stereocenters. The minimum atomic E-state index is 0.0517. The Hall–Kier alpha value is -3.35. The van der Waals surface area contributed by atoms with E-state index in [-0.39, 0.29) is 11.8 Å². The van der Waals surface area contributed by atoms with Gasteiger partial charge in [-0.1, -0.05) is 12.1 Å². The number of amides is 1. The van der Waals surface area contributed by atoms with Crippen LogP contribution in [0.3, 0.4) is 0 Å². The number of ether oxygens (including phenoxy) is 2. The molecule has 0 bridgehead atoms. The molecule has 1 amide bonds. The summed E-state index contributed by atoms with van der Waals surface area (Å²) in [6.45, 7) is 1.95. The van der Waals surface area contributed by atoms with E-state index < -0.39 is 0 Å². The monoisotopic (exact) mass is 392 g/mol. The normalized spacial score (nSPS) is 16.0. The van der Waals surface area contributed by atoms with Gasteiger partial charge in [0.25, 0.3) is 5.91 Å². The van der Waals surface area contributed by atoms with Crippen molar-refractivity contribution < 1.29 is 14.3 Å². The second-order valence-electron chi connectivity index (χ2n) is 7.04. The van der Waals surface area contributed by atoms with Crippen molar-refractivity contribution in [3.63, 3.8) is 0 Å². The number of pyridine rings is 1. The first-order valence-corrected chi connectivity index (χ1v) is 9.74. The third kappa shape index (κ3) is 4.39.